The lowest BCUT2D eigenvalue weighted by molar-refractivity contribution is -0.127. The van der Waals surface area contributed by atoms with Gasteiger partial charge in [0.25, 0.3) is 0 Å². The average Bonchev–Trinajstić information content (AvgIpc) is 2.70. The van der Waals surface area contributed by atoms with Crippen LogP contribution < -0.4 is 10.6 Å². The van der Waals surface area contributed by atoms with Gasteiger partial charge in [-0.05, 0) is 38.5 Å². The Morgan fingerprint density at radius 3 is 2.54 bits per heavy atom. The molecule has 0 bridgehead atoms. The van der Waals surface area contributed by atoms with Gasteiger partial charge in [-0.1, -0.05) is 19.3 Å². The SMILES string of the molecule is CN(C)C(=O)CN=C(NCCCOC1CCCCC1)NCC1CCCCO1.I. The molecule has 1 unspecified atom stereocenters. The summed E-state index contributed by atoms with van der Waals surface area (Å²) < 4.78 is 11.7. The van der Waals surface area contributed by atoms with Gasteiger partial charge in [-0.15, -0.1) is 24.0 Å². The lowest BCUT2D eigenvalue weighted by atomic mass is 9.98. The van der Waals surface area contributed by atoms with Crippen LogP contribution in [-0.4, -0.2) is 75.9 Å². The molecule has 1 atom stereocenters. The van der Waals surface area contributed by atoms with Gasteiger partial charge >= 0.3 is 0 Å². The number of guanidine groups is 1. The fourth-order valence-electron chi connectivity index (χ4n) is 3.40. The third-order valence-corrected chi connectivity index (χ3v) is 5.16. The molecule has 8 heteroatoms. The zero-order chi connectivity index (χ0) is 19.3. The van der Waals surface area contributed by atoms with Crippen molar-refractivity contribution in [1.82, 2.24) is 15.5 Å². The third kappa shape index (κ3) is 10.8. The van der Waals surface area contributed by atoms with E-state index in [1.54, 1.807) is 19.0 Å². The zero-order valence-corrected chi connectivity index (χ0v) is 19.9. The second-order valence-corrected chi connectivity index (χ2v) is 7.73. The highest BCUT2D eigenvalue weighted by atomic mass is 127. The van der Waals surface area contributed by atoms with E-state index in [-0.39, 0.29) is 42.5 Å². The summed E-state index contributed by atoms with van der Waals surface area (Å²) in [6, 6.07) is 0. The summed E-state index contributed by atoms with van der Waals surface area (Å²) in [5.41, 5.74) is 0. The minimum Gasteiger partial charge on any atom is -0.378 e. The number of likely N-dealkylation sites (N-methyl/N-ethyl adjacent to an activating group) is 1. The minimum atomic E-state index is -0.00866. The molecule has 2 aliphatic rings. The van der Waals surface area contributed by atoms with E-state index in [2.05, 4.69) is 15.6 Å². The summed E-state index contributed by atoms with van der Waals surface area (Å²) in [6.07, 6.45) is 11.4. The van der Waals surface area contributed by atoms with Crippen LogP contribution in [0, 0.1) is 0 Å². The Balaban J connectivity index is 0.00000392. The topological polar surface area (TPSA) is 75.2 Å². The summed E-state index contributed by atoms with van der Waals surface area (Å²) in [5.74, 6) is 0.669. The molecule has 0 aromatic heterocycles. The Labute approximate surface area is 187 Å². The predicted octanol–water partition coefficient (Wildman–Crippen LogP) is 2.54. The van der Waals surface area contributed by atoms with E-state index in [0.29, 0.717) is 12.1 Å². The number of nitrogens with one attached hydrogen (secondary N) is 2. The van der Waals surface area contributed by atoms with Crippen LogP contribution in [0.15, 0.2) is 4.99 Å². The molecule has 0 radical (unpaired) electrons. The summed E-state index contributed by atoms with van der Waals surface area (Å²) in [7, 11) is 3.49. The van der Waals surface area contributed by atoms with Crippen molar-refractivity contribution < 1.29 is 14.3 Å². The summed E-state index contributed by atoms with van der Waals surface area (Å²) in [4.78, 5) is 17.8. The number of amides is 1. The second kappa shape index (κ2) is 15.3. The van der Waals surface area contributed by atoms with Gasteiger partial charge < -0.3 is 25.0 Å². The molecule has 2 fully saturated rings. The van der Waals surface area contributed by atoms with E-state index in [1.807, 2.05) is 0 Å². The molecule has 1 saturated carbocycles. The number of nitrogens with zero attached hydrogens (tertiary/aromatic N) is 2. The highest BCUT2D eigenvalue weighted by Crippen LogP contribution is 2.20. The normalized spacial score (nSPS) is 20.9. The molecular weight excluding hydrogens is 471 g/mol. The van der Waals surface area contributed by atoms with Crippen molar-refractivity contribution in [2.24, 2.45) is 4.99 Å². The molecule has 0 aromatic rings. The molecule has 1 saturated heterocycles. The van der Waals surface area contributed by atoms with Crippen LogP contribution >= 0.6 is 24.0 Å². The standard InChI is InChI=1S/C20H38N4O3.HI/c1-24(2)19(25)16-23-20(22-15-18-11-6-7-13-27-18)21-12-8-14-26-17-9-4-3-5-10-17;/h17-18H,3-16H2,1-2H3,(H2,21,22,23);1H. The van der Waals surface area contributed by atoms with Crippen LogP contribution in [-0.2, 0) is 14.3 Å². The average molecular weight is 510 g/mol. The Hall–Kier alpha value is -0.610. The van der Waals surface area contributed by atoms with Crippen LogP contribution in [0.5, 0.6) is 0 Å². The predicted molar refractivity (Wildman–Crippen MR) is 123 cm³/mol. The monoisotopic (exact) mass is 510 g/mol. The van der Waals surface area contributed by atoms with E-state index in [0.717, 1.165) is 45.6 Å². The lowest BCUT2D eigenvalue weighted by Crippen LogP contribution is -2.43. The third-order valence-electron chi connectivity index (χ3n) is 5.16. The molecular formula is C20H39IN4O3. The number of hydrogen-bond acceptors (Lipinski definition) is 4. The zero-order valence-electron chi connectivity index (χ0n) is 17.6. The van der Waals surface area contributed by atoms with Crippen LogP contribution in [0.4, 0.5) is 0 Å². The summed E-state index contributed by atoms with van der Waals surface area (Å²) in [6.45, 7) is 3.25. The maximum atomic E-state index is 11.8. The van der Waals surface area contributed by atoms with Crippen molar-refractivity contribution in [1.29, 1.82) is 0 Å². The van der Waals surface area contributed by atoms with Gasteiger partial charge in [-0.2, -0.15) is 0 Å². The highest BCUT2D eigenvalue weighted by Gasteiger charge is 2.15. The number of ether oxygens (including phenoxy) is 2. The number of rotatable bonds is 9. The van der Waals surface area contributed by atoms with Gasteiger partial charge in [0.05, 0.1) is 12.2 Å². The fourth-order valence-corrected chi connectivity index (χ4v) is 3.40. The van der Waals surface area contributed by atoms with Gasteiger partial charge in [0.1, 0.15) is 6.54 Å². The van der Waals surface area contributed by atoms with E-state index in [9.17, 15) is 4.79 Å². The quantitative estimate of drug-likeness (QED) is 0.216. The highest BCUT2D eigenvalue weighted by molar-refractivity contribution is 14.0. The smallest absolute Gasteiger partial charge is 0.243 e. The number of halogens is 1. The first kappa shape index (κ1) is 25.4. The van der Waals surface area contributed by atoms with Gasteiger partial charge in [-0.3, -0.25) is 4.79 Å². The molecule has 2 N–H and O–H groups in total. The Bertz CT molecular complexity index is 451. The van der Waals surface area contributed by atoms with Crippen LogP contribution in [0.3, 0.4) is 0 Å². The lowest BCUT2D eigenvalue weighted by Gasteiger charge is -2.24. The van der Waals surface area contributed by atoms with Crippen molar-refractivity contribution in [3.8, 4) is 0 Å². The minimum absolute atomic E-state index is 0. The van der Waals surface area contributed by atoms with Crippen molar-refractivity contribution in [2.45, 2.75) is 70.0 Å². The molecule has 1 aliphatic heterocycles. The molecule has 2 rings (SSSR count). The first-order chi connectivity index (χ1) is 13.1. The largest absolute Gasteiger partial charge is 0.378 e. The van der Waals surface area contributed by atoms with Crippen molar-refractivity contribution >= 4 is 35.8 Å². The number of hydrogen-bond donors (Lipinski definition) is 2. The molecule has 1 heterocycles. The van der Waals surface area contributed by atoms with Crippen molar-refractivity contribution in [2.75, 3.05) is 46.9 Å². The number of carbonyl (C=O) groups excluding carboxylic acids is 1. The molecule has 164 valence electrons. The maximum Gasteiger partial charge on any atom is 0.243 e. The number of carbonyl (C=O) groups is 1. The molecule has 28 heavy (non-hydrogen) atoms. The molecule has 0 spiro atoms. The van der Waals surface area contributed by atoms with Crippen LogP contribution in [0.1, 0.15) is 57.8 Å². The maximum absolute atomic E-state index is 11.8. The first-order valence-corrected chi connectivity index (χ1v) is 10.6. The molecule has 1 amide bonds. The van der Waals surface area contributed by atoms with Crippen LogP contribution in [0.2, 0.25) is 0 Å². The van der Waals surface area contributed by atoms with Crippen molar-refractivity contribution in [3.63, 3.8) is 0 Å². The molecule has 0 aromatic carbocycles. The Morgan fingerprint density at radius 2 is 1.86 bits per heavy atom. The second-order valence-electron chi connectivity index (χ2n) is 7.73. The van der Waals surface area contributed by atoms with E-state index in [1.165, 1.54) is 38.5 Å². The Kier molecular flexibility index (Phi) is 13.9. The van der Waals surface area contributed by atoms with Gasteiger partial charge in [0.15, 0.2) is 5.96 Å². The van der Waals surface area contributed by atoms with E-state index >= 15 is 0 Å². The fraction of sp³-hybridized carbons (Fsp3) is 0.900. The van der Waals surface area contributed by atoms with Gasteiger partial charge in [0, 0.05) is 40.4 Å². The van der Waals surface area contributed by atoms with Crippen LogP contribution in [0.25, 0.3) is 0 Å². The summed E-state index contributed by atoms with van der Waals surface area (Å²) >= 11 is 0. The van der Waals surface area contributed by atoms with Crippen molar-refractivity contribution in [3.05, 3.63) is 0 Å². The first-order valence-electron chi connectivity index (χ1n) is 10.6. The molecule has 1 aliphatic carbocycles. The summed E-state index contributed by atoms with van der Waals surface area (Å²) in [5, 5.41) is 6.65. The van der Waals surface area contributed by atoms with E-state index < -0.39 is 0 Å². The molecule has 7 nitrogen and oxygen atoms in total. The van der Waals surface area contributed by atoms with Gasteiger partial charge in [0.2, 0.25) is 5.91 Å². The number of aliphatic imine (C=N–C) groups is 1. The van der Waals surface area contributed by atoms with Gasteiger partial charge in [-0.25, -0.2) is 4.99 Å². The van der Waals surface area contributed by atoms with E-state index in [4.69, 9.17) is 9.47 Å². The Morgan fingerprint density at radius 1 is 1.11 bits per heavy atom.